The van der Waals surface area contributed by atoms with E-state index in [0.717, 1.165) is 4.68 Å². The third kappa shape index (κ3) is 1.35. The molecule has 0 amide bonds. The van der Waals surface area contributed by atoms with Gasteiger partial charge in [-0.3, -0.25) is 0 Å². The van der Waals surface area contributed by atoms with E-state index in [1.807, 2.05) is 0 Å². The predicted octanol–water partition coefficient (Wildman–Crippen LogP) is 0.0324. The molecule has 56 valence electrons. The van der Waals surface area contributed by atoms with Gasteiger partial charge in [-0.25, -0.2) is 9.48 Å². The van der Waals surface area contributed by atoms with E-state index >= 15 is 0 Å². The fraction of sp³-hybridized carbons (Fsp3) is 0.167. The maximum Gasteiger partial charge on any atom is 0.343 e. The van der Waals surface area contributed by atoms with E-state index in [4.69, 9.17) is 10.4 Å². The number of carboxylic acids is 1. The second kappa shape index (κ2) is 2.84. The summed E-state index contributed by atoms with van der Waals surface area (Å²) in [5, 5.41) is 20.5. The van der Waals surface area contributed by atoms with Gasteiger partial charge < -0.3 is 5.11 Å². The van der Waals surface area contributed by atoms with E-state index in [9.17, 15) is 4.79 Å². The van der Waals surface area contributed by atoms with Gasteiger partial charge in [0.15, 0.2) is 0 Å². The van der Waals surface area contributed by atoms with Crippen LogP contribution < -0.4 is 0 Å². The fourth-order valence-electron chi connectivity index (χ4n) is 0.661. The molecule has 0 aromatic carbocycles. The molecule has 0 saturated heterocycles. The first kappa shape index (κ1) is 7.28. The van der Waals surface area contributed by atoms with Crippen molar-refractivity contribution in [2.75, 3.05) is 0 Å². The molecule has 0 saturated carbocycles. The van der Waals surface area contributed by atoms with Crippen LogP contribution in [0.4, 0.5) is 0 Å². The Morgan fingerprint density at radius 1 is 1.82 bits per heavy atom. The van der Waals surface area contributed by atoms with Crippen LogP contribution in [0.1, 0.15) is 6.04 Å². The molecule has 1 N–H and O–H groups in total. The number of carboxylic acid groups (broad SMARTS) is 1. The zero-order chi connectivity index (χ0) is 8.27. The van der Waals surface area contributed by atoms with Crippen LogP contribution in [0.3, 0.4) is 0 Å². The molecule has 1 unspecified atom stereocenters. The van der Waals surface area contributed by atoms with E-state index in [1.54, 1.807) is 12.1 Å². The molecular formula is C6H5N3O2. The highest BCUT2D eigenvalue weighted by Crippen LogP contribution is 2.01. The van der Waals surface area contributed by atoms with E-state index in [2.05, 4.69) is 5.10 Å². The quantitative estimate of drug-likeness (QED) is 0.646. The zero-order valence-electron chi connectivity index (χ0n) is 5.51. The minimum atomic E-state index is -1.22. The molecule has 0 aliphatic rings. The summed E-state index contributed by atoms with van der Waals surface area (Å²) in [6, 6.07) is 1.95. The molecule has 11 heavy (non-hydrogen) atoms. The summed E-state index contributed by atoms with van der Waals surface area (Å²) in [7, 11) is 0. The van der Waals surface area contributed by atoms with Gasteiger partial charge in [0.2, 0.25) is 6.04 Å². The summed E-state index contributed by atoms with van der Waals surface area (Å²) in [6.45, 7) is 0. The van der Waals surface area contributed by atoms with Gasteiger partial charge in [-0.15, -0.1) is 0 Å². The normalized spacial score (nSPS) is 11.9. The molecule has 5 nitrogen and oxygen atoms in total. The highest BCUT2D eigenvalue weighted by molar-refractivity contribution is 5.74. The third-order valence-electron chi connectivity index (χ3n) is 1.15. The maximum absolute atomic E-state index is 10.3. The van der Waals surface area contributed by atoms with E-state index in [0.29, 0.717) is 0 Å². The van der Waals surface area contributed by atoms with Gasteiger partial charge in [0.1, 0.15) is 6.07 Å². The van der Waals surface area contributed by atoms with Crippen molar-refractivity contribution in [3.05, 3.63) is 18.5 Å². The summed E-state index contributed by atoms with van der Waals surface area (Å²) in [5.74, 6) is -1.20. The van der Waals surface area contributed by atoms with Gasteiger partial charge in [-0.05, 0) is 6.07 Å². The minimum Gasteiger partial charge on any atom is -0.479 e. The molecule has 0 aliphatic carbocycles. The first-order chi connectivity index (χ1) is 5.25. The number of aliphatic carboxylic acids is 1. The molecule has 0 fully saturated rings. The molecule has 1 heterocycles. The van der Waals surface area contributed by atoms with E-state index in [1.165, 1.54) is 12.4 Å². The molecule has 1 rings (SSSR count). The van der Waals surface area contributed by atoms with Crippen molar-refractivity contribution in [2.24, 2.45) is 0 Å². The van der Waals surface area contributed by atoms with E-state index < -0.39 is 12.0 Å². The van der Waals surface area contributed by atoms with Crippen molar-refractivity contribution in [3.8, 4) is 6.07 Å². The van der Waals surface area contributed by atoms with Crippen LogP contribution in [-0.4, -0.2) is 20.9 Å². The zero-order valence-corrected chi connectivity index (χ0v) is 5.51. The Kier molecular flexibility index (Phi) is 1.88. The number of rotatable bonds is 2. The number of hydrogen-bond donors (Lipinski definition) is 1. The summed E-state index contributed by atoms with van der Waals surface area (Å²) < 4.78 is 1.09. The maximum atomic E-state index is 10.3. The van der Waals surface area contributed by atoms with Gasteiger partial charge in [0.25, 0.3) is 0 Å². The fourth-order valence-corrected chi connectivity index (χ4v) is 0.661. The Hall–Kier alpha value is -1.83. The minimum absolute atomic E-state index is 1.09. The molecule has 5 heteroatoms. The van der Waals surface area contributed by atoms with Gasteiger partial charge in [0.05, 0.1) is 0 Å². The van der Waals surface area contributed by atoms with Crippen molar-refractivity contribution in [3.63, 3.8) is 0 Å². The average molecular weight is 151 g/mol. The van der Waals surface area contributed by atoms with Crippen molar-refractivity contribution in [2.45, 2.75) is 6.04 Å². The Morgan fingerprint density at radius 2 is 2.55 bits per heavy atom. The Balaban J connectivity index is 2.91. The van der Waals surface area contributed by atoms with E-state index in [-0.39, 0.29) is 0 Å². The van der Waals surface area contributed by atoms with Crippen LogP contribution in [0.15, 0.2) is 18.5 Å². The monoisotopic (exact) mass is 151 g/mol. The predicted molar refractivity (Wildman–Crippen MR) is 34.5 cm³/mol. The lowest BCUT2D eigenvalue weighted by molar-refractivity contribution is -0.139. The Bertz CT molecular complexity index is 285. The molecule has 1 aromatic rings. The second-order valence-corrected chi connectivity index (χ2v) is 1.86. The van der Waals surface area contributed by atoms with Crippen molar-refractivity contribution in [1.29, 1.82) is 5.26 Å². The van der Waals surface area contributed by atoms with Crippen LogP contribution in [0.5, 0.6) is 0 Å². The average Bonchev–Trinajstić information content (AvgIpc) is 2.40. The topological polar surface area (TPSA) is 78.9 Å². The molecular weight excluding hydrogens is 146 g/mol. The van der Waals surface area contributed by atoms with Gasteiger partial charge in [0, 0.05) is 12.4 Å². The smallest absolute Gasteiger partial charge is 0.343 e. The van der Waals surface area contributed by atoms with Crippen molar-refractivity contribution < 1.29 is 9.90 Å². The molecule has 1 atom stereocenters. The van der Waals surface area contributed by atoms with Crippen LogP contribution in [0.25, 0.3) is 0 Å². The van der Waals surface area contributed by atoms with Gasteiger partial charge in [-0.1, -0.05) is 0 Å². The number of nitrogens with zero attached hydrogens (tertiary/aromatic N) is 3. The summed E-state index contributed by atoms with van der Waals surface area (Å²) >= 11 is 0. The standard InChI is InChI=1S/C6H5N3O2/c7-4-5(6(10)11)9-3-1-2-8-9/h1-3,5H,(H,10,11). The number of hydrogen-bond acceptors (Lipinski definition) is 3. The van der Waals surface area contributed by atoms with Crippen LogP contribution >= 0.6 is 0 Å². The molecule has 0 bridgehead atoms. The number of carbonyl (C=O) groups is 1. The van der Waals surface area contributed by atoms with Crippen molar-refractivity contribution >= 4 is 5.97 Å². The first-order valence-corrected chi connectivity index (χ1v) is 2.87. The molecule has 1 aromatic heterocycles. The molecule has 0 aliphatic heterocycles. The lowest BCUT2D eigenvalue weighted by Crippen LogP contribution is -2.17. The number of nitriles is 1. The summed E-state index contributed by atoms with van der Waals surface area (Å²) in [5.41, 5.74) is 0. The lowest BCUT2D eigenvalue weighted by atomic mass is 10.3. The van der Waals surface area contributed by atoms with Gasteiger partial charge in [-0.2, -0.15) is 10.4 Å². The largest absolute Gasteiger partial charge is 0.479 e. The first-order valence-electron chi connectivity index (χ1n) is 2.87. The summed E-state index contributed by atoms with van der Waals surface area (Å²) in [6.07, 6.45) is 2.86. The Labute approximate surface area is 62.5 Å². The molecule has 0 spiro atoms. The summed E-state index contributed by atoms with van der Waals surface area (Å²) in [4.78, 5) is 10.3. The van der Waals surface area contributed by atoms with Crippen LogP contribution in [0, 0.1) is 11.3 Å². The SMILES string of the molecule is N#CC(C(=O)O)n1cccn1. The number of aromatic nitrogens is 2. The lowest BCUT2D eigenvalue weighted by Gasteiger charge is -2.01. The second-order valence-electron chi connectivity index (χ2n) is 1.86. The third-order valence-corrected chi connectivity index (χ3v) is 1.15. The van der Waals surface area contributed by atoms with Crippen LogP contribution in [-0.2, 0) is 4.79 Å². The highest BCUT2D eigenvalue weighted by atomic mass is 16.4. The molecule has 0 radical (unpaired) electrons. The van der Waals surface area contributed by atoms with Gasteiger partial charge >= 0.3 is 5.97 Å². The highest BCUT2D eigenvalue weighted by Gasteiger charge is 2.17. The van der Waals surface area contributed by atoms with Crippen LogP contribution in [0.2, 0.25) is 0 Å². The Morgan fingerprint density at radius 3 is 2.91 bits per heavy atom. The van der Waals surface area contributed by atoms with Crippen molar-refractivity contribution in [1.82, 2.24) is 9.78 Å².